The van der Waals surface area contributed by atoms with E-state index in [-0.39, 0.29) is 11.3 Å². The maximum Gasteiger partial charge on any atom is 0.135 e. The van der Waals surface area contributed by atoms with Crippen LogP contribution in [0.15, 0.2) is 0 Å². The molecule has 0 radical (unpaired) electrons. The minimum absolute atomic E-state index is 0.0616. The summed E-state index contributed by atoms with van der Waals surface area (Å²) in [5, 5.41) is 8.69. The summed E-state index contributed by atoms with van der Waals surface area (Å²) >= 11 is 1.55. The van der Waals surface area contributed by atoms with Crippen molar-refractivity contribution in [2.24, 2.45) is 5.73 Å². The lowest BCUT2D eigenvalue weighted by atomic mass is 9.91. The van der Waals surface area contributed by atoms with Gasteiger partial charge in [0, 0.05) is 18.4 Å². The van der Waals surface area contributed by atoms with Gasteiger partial charge in [0.1, 0.15) is 5.84 Å². The number of likely N-dealkylation sites (N-methyl/N-ethyl adjacent to an activating group) is 1. The van der Waals surface area contributed by atoms with Gasteiger partial charge in [0.2, 0.25) is 0 Å². The molecule has 0 spiro atoms. The standard InChI is InChI=1S/C12H22N4S/c1-12(2,3)10-9(11(13)14)17-8(15-10)6-7-16(4)5/h6-7H2,1-5H3,(H3,13,14). The molecular formula is C12H22N4S. The Balaban J connectivity index is 3.01. The van der Waals surface area contributed by atoms with Crippen molar-refractivity contribution in [2.45, 2.75) is 32.6 Å². The van der Waals surface area contributed by atoms with Crippen LogP contribution in [-0.2, 0) is 11.8 Å². The number of amidine groups is 1. The number of nitrogens with one attached hydrogen (secondary N) is 1. The molecule has 5 heteroatoms. The van der Waals surface area contributed by atoms with Crippen LogP contribution >= 0.6 is 11.3 Å². The molecular weight excluding hydrogens is 232 g/mol. The Morgan fingerprint density at radius 3 is 2.35 bits per heavy atom. The Morgan fingerprint density at radius 1 is 1.41 bits per heavy atom. The van der Waals surface area contributed by atoms with E-state index in [0.717, 1.165) is 28.5 Å². The van der Waals surface area contributed by atoms with E-state index >= 15 is 0 Å². The molecule has 0 aliphatic heterocycles. The average molecular weight is 254 g/mol. The highest BCUT2D eigenvalue weighted by atomic mass is 32.1. The van der Waals surface area contributed by atoms with Crippen molar-refractivity contribution in [3.05, 3.63) is 15.6 Å². The molecule has 0 aliphatic rings. The van der Waals surface area contributed by atoms with E-state index in [1.54, 1.807) is 11.3 Å². The molecule has 0 aliphatic carbocycles. The zero-order valence-electron chi connectivity index (χ0n) is 11.3. The molecule has 3 N–H and O–H groups in total. The number of nitrogens with two attached hydrogens (primary N) is 1. The molecule has 96 valence electrons. The van der Waals surface area contributed by atoms with E-state index in [4.69, 9.17) is 11.1 Å². The number of nitrogens with zero attached hydrogens (tertiary/aromatic N) is 2. The summed E-state index contributed by atoms with van der Waals surface area (Å²) in [7, 11) is 4.09. The van der Waals surface area contributed by atoms with E-state index in [0.29, 0.717) is 0 Å². The lowest BCUT2D eigenvalue weighted by Crippen LogP contribution is -2.20. The van der Waals surface area contributed by atoms with Crippen molar-refractivity contribution in [1.29, 1.82) is 5.41 Å². The third-order valence-electron chi connectivity index (χ3n) is 2.40. The first-order chi connectivity index (χ1) is 7.71. The summed E-state index contributed by atoms with van der Waals surface area (Å²) in [4.78, 5) is 7.60. The first-order valence-electron chi connectivity index (χ1n) is 5.71. The minimum Gasteiger partial charge on any atom is -0.383 e. The minimum atomic E-state index is -0.0616. The van der Waals surface area contributed by atoms with Crippen LogP contribution in [0.2, 0.25) is 0 Å². The molecule has 0 amide bonds. The van der Waals surface area contributed by atoms with Gasteiger partial charge in [0.05, 0.1) is 15.6 Å². The highest BCUT2D eigenvalue weighted by Crippen LogP contribution is 2.29. The lowest BCUT2D eigenvalue weighted by Gasteiger charge is -2.16. The van der Waals surface area contributed by atoms with Crippen LogP contribution in [-0.4, -0.2) is 36.4 Å². The fourth-order valence-corrected chi connectivity index (χ4v) is 2.61. The molecule has 0 saturated carbocycles. The van der Waals surface area contributed by atoms with Gasteiger partial charge in [-0.1, -0.05) is 20.8 Å². The van der Waals surface area contributed by atoms with Gasteiger partial charge in [-0.2, -0.15) is 0 Å². The molecule has 1 heterocycles. The van der Waals surface area contributed by atoms with Crippen LogP contribution in [0.3, 0.4) is 0 Å². The normalized spacial score (nSPS) is 12.1. The van der Waals surface area contributed by atoms with Crippen molar-refractivity contribution in [3.8, 4) is 0 Å². The molecule has 0 aromatic carbocycles. The van der Waals surface area contributed by atoms with Crippen molar-refractivity contribution >= 4 is 17.2 Å². The smallest absolute Gasteiger partial charge is 0.135 e. The highest BCUT2D eigenvalue weighted by Gasteiger charge is 2.24. The molecule has 1 rings (SSSR count). The maximum atomic E-state index is 7.62. The Bertz CT molecular complexity index is 401. The van der Waals surface area contributed by atoms with Gasteiger partial charge in [0.25, 0.3) is 0 Å². The second kappa shape index (κ2) is 5.14. The quantitative estimate of drug-likeness (QED) is 0.636. The molecule has 0 bridgehead atoms. The van der Waals surface area contributed by atoms with Crippen LogP contribution in [0.1, 0.15) is 36.3 Å². The molecule has 0 saturated heterocycles. The van der Waals surface area contributed by atoms with Gasteiger partial charge in [-0.15, -0.1) is 11.3 Å². The van der Waals surface area contributed by atoms with Crippen LogP contribution < -0.4 is 5.73 Å². The molecule has 0 atom stereocenters. The van der Waals surface area contributed by atoms with Gasteiger partial charge in [-0.3, -0.25) is 5.41 Å². The van der Waals surface area contributed by atoms with Crippen molar-refractivity contribution in [3.63, 3.8) is 0 Å². The number of thiazole rings is 1. The van der Waals surface area contributed by atoms with E-state index in [9.17, 15) is 0 Å². The van der Waals surface area contributed by atoms with Gasteiger partial charge in [0.15, 0.2) is 0 Å². The molecule has 4 nitrogen and oxygen atoms in total. The zero-order chi connectivity index (χ0) is 13.2. The Hall–Kier alpha value is -0.940. The van der Waals surface area contributed by atoms with Gasteiger partial charge >= 0.3 is 0 Å². The zero-order valence-corrected chi connectivity index (χ0v) is 12.1. The van der Waals surface area contributed by atoms with E-state index < -0.39 is 0 Å². The molecule has 1 aromatic heterocycles. The summed E-state index contributed by atoms with van der Waals surface area (Å²) in [6, 6.07) is 0. The van der Waals surface area contributed by atoms with Crippen molar-refractivity contribution < 1.29 is 0 Å². The Labute approximate surface area is 107 Å². The first-order valence-corrected chi connectivity index (χ1v) is 6.52. The third kappa shape index (κ3) is 3.78. The first kappa shape index (κ1) is 14.1. The second-order valence-corrected chi connectivity index (χ2v) is 6.59. The number of rotatable bonds is 4. The number of aromatic nitrogens is 1. The number of nitrogen functional groups attached to an aromatic ring is 1. The van der Waals surface area contributed by atoms with Crippen LogP contribution in [0, 0.1) is 5.41 Å². The SMILES string of the molecule is CN(C)CCc1nc(C(C)(C)C)c(C(=N)N)s1. The predicted octanol–water partition coefficient (Wildman–Crippen LogP) is 1.83. The van der Waals surface area contributed by atoms with Crippen molar-refractivity contribution in [2.75, 3.05) is 20.6 Å². The van der Waals surface area contributed by atoms with Gasteiger partial charge in [-0.25, -0.2) is 4.98 Å². The van der Waals surface area contributed by atoms with Gasteiger partial charge < -0.3 is 10.6 Å². The highest BCUT2D eigenvalue weighted by molar-refractivity contribution is 7.13. The maximum absolute atomic E-state index is 7.62. The second-order valence-electron chi connectivity index (χ2n) is 5.50. The molecule has 1 aromatic rings. The largest absolute Gasteiger partial charge is 0.383 e. The summed E-state index contributed by atoms with van der Waals surface area (Å²) in [5.41, 5.74) is 6.51. The van der Waals surface area contributed by atoms with Crippen LogP contribution in [0.4, 0.5) is 0 Å². The Morgan fingerprint density at radius 2 is 2.00 bits per heavy atom. The van der Waals surface area contributed by atoms with Crippen LogP contribution in [0.25, 0.3) is 0 Å². The van der Waals surface area contributed by atoms with Crippen LogP contribution in [0.5, 0.6) is 0 Å². The lowest BCUT2D eigenvalue weighted by molar-refractivity contribution is 0.413. The molecule has 0 unspecified atom stereocenters. The summed E-state index contributed by atoms with van der Waals surface area (Å²) in [6.45, 7) is 7.27. The topological polar surface area (TPSA) is 66.0 Å². The average Bonchev–Trinajstić information content (AvgIpc) is 2.57. The molecule has 17 heavy (non-hydrogen) atoms. The van der Waals surface area contributed by atoms with Crippen molar-refractivity contribution in [1.82, 2.24) is 9.88 Å². The van der Waals surface area contributed by atoms with E-state index in [2.05, 4.69) is 30.7 Å². The van der Waals surface area contributed by atoms with Gasteiger partial charge in [-0.05, 0) is 14.1 Å². The third-order valence-corrected chi connectivity index (χ3v) is 3.55. The fraction of sp³-hybridized carbons (Fsp3) is 0.667. The number of hydrogen-bond donors (Lipinski definition) is 2. The number of hydrogen-bond acceptors (Lipinski definition) is 4. The predicted molar refractivity (Wildman–Crippen MR) is 74.1 cm³/mol. The Kier molecular flexibility index (Phi) is 4.27. The van der Waals surface area contributed by atoms with E-state index in [1.165, 1.54) is 0 Å². The summed E-state index contributed by atoms with van der Waals surface area (Å²) < 4.78 is 0. The van der Waals surface area contributed by atoms with E-state index in [1.807, 2.05) is 14.1 Å². The summed E-state index contributed by atoms with van der Waals surface area (Å²) in [6.07, 6.45) is 0.911. The monoisotopic (exact) mass is 254 g/mol. The summed E-state index contributed by atoms with van der Waals surface area (Å²) in [5.74, 6) is 0.128. The molecule has 0 fully saturated rings. The fourth-order valence-electron chi connectivity index (χ4n) is 1.48.